The van der Waals surface area contributed by atoms with Gasteiger partial charge in [0, 0.05) is 24.1 Å². The van der Waals surface area contributed by atoms with Gasteiger partial charge in [-0.3, -0.25) is 0 Å². The van der Waals surface area contributed by atoms with Gasteiger partial charge in [-0.2, -0.15) is 9.97 Å². The first-order valence-electron chi connectivity index (χ1n) is 10.6. The third-order valence-electron chi connectivity index (χ3n) is 5.30. The lowest BCUT2D eigenvalue weighted by Gasteiger charge is -2.22. The summed E-state index contributed by atoms with van der Waals surface area (Å²) in [6.07, 6.45) is 1.94. The molecule has 32 heavy (non-hydrogen) atoms. The van der Waals surface area contributed by atoms with Crippen LogP contribution in [0.2, 0.25) is 5.02 Å². The highest BCUT2D eigenvalue weighted by atomic mass is 35.5. The number of ether oxygens (including phenoxy) is 5. The van der Waals surface area contributed by atoms with Crippen LogP contribution in [0.3, 0.4) is 0 Å². The minimum atomic E-state index is -0.0825. The SMILES string of the molecule is COc1ccc(Cl)c(Nc2nc(OC3CCCOC3)nc3cc(OC[C@H]4CO4)ccc23)c1. The van der Waals surface area contributed by atoms with Crippen LogP contribution in [-0.4, -0.2) is 55.7 Å². The van der Waals surface area contributed by atoms with Crippen molar-refractivity contribution in [2.75, 3.05) is 38.9 Å². The summed E-state index contributed by atoms with van der Waals surface area (Å²) < 4.78 is 28.0. The van der Waals surface area contributed by atoms with Gasteiger partial charge >= 0.3 is 6.01 Å². The number of nitrogens with zero attached hydrogens (tertiary/aromatic N) is 2. The number of hydrogen-bond acceptors (Lipinski definition) is 8. The molecule has 2 saturated heterocycles. The summed E-state index contributed by atoms with van der Waals surface area (Å²) in [5.74, 6) is 1.97. The molecule has 3 aromatic rings. The number of halogens is 1. The quantitative estimate of drug-likeness (QED) is 0.499. The first-order valence-corrected chi connectivity index (χ1v) is 11.0. The highest BCUT2D eigenvalue weighted by Gasteiger charge is 2.23. The van der Waals surface area contributed by atoms with E-state index in [1.54, 1.807) is 19.2 Å². The van der Waals surface area contributed by atoms with Gasteiger partial charge in [0.25, 0.3) is 0 Å². The Labute approximate surface area is 190 Å². The highest BCUT2D eigenvalue weighted by Crippen LogP contribution is 2.33. The fourth-order valence-electron chi connectivity index (χ4n) is 3.49. The van der Waals surface area contributed by atoms with E-state index in [4.69, 9.17) is 35.3 Å². The van der Waals surface area contributed by atoms with E-state index in [9.17, 15) is 0 Å². The number of nitrogens with one attached hydrogen (secondary N) is 1. The molecule has 168 valence electrons. The second kappa shape index (κ2) is 9.36. The lowest BCUT2D eigenvalue weighted by molar-refractivity contribution is 0.00360. The van der Waals surface area contributed by atoms with E-state index in [1.807, 2.05) is 24.3 Å². The summed E-state index contributed by atoms with van der Waals surface area (Å²) in [7, 11) is 1.61. The van der Waals surface area contributed by atoms with Crippen molar-refractivity contribution in [3.8, 4) is 17.5 Å². The molecule has 1 N–H and O–H groups in total. The number of aromatic nitrogens is 2. The van der Waals surface area contributed by atoms with E-state index in [0.29, 0.717) is 46.8 Å². The zero-order chi connectivity index (χ0) is 21.9. The summed E-state index contributed by atoms with van der Waals surface area (Å²) in [6, 6.07) is 11.4. The molecule has 0 saturated carbocycles. The predicted molar refractivity (Wildman–Crippen MR) is 121 cm³/mol. The number of benzene rings is 2. The second-order valence-electron chi connectivity index (χ2n) is 7.73. The summed E-state index contributed by atoms with van der Waals surface area (Å²) in [5.41, 5.74) is 1.37. The zero-order valence-electron chi connectivity index (χ0n) is 17.7. The molecule has 1 unspecified atom stereocenters. The standard InChI is InChI=1S/C23H24ClN3O5/c1-28-14-5-7-19(24)21(9-14)25-22-18-6-4-15(30-12-17-13-31-17)10-20(18)26-23(27-22)32-16-3-2-8-29-11-16/h4-7,9-10,16-17H,2-3,8,11-13H2,1H3,(H,25,26,27)/t16?,17-/m0/s1. The molecule has 0 amide bonds. The topological polar surface area (TPSA) is 87.3 Å². The van der Waals surface area contributed by atoms with Gasteiger partial charge in [-0.25, -0.2) is 0 Å². The molecular formula is C23H24ClN3O5. The molecule has 2 fully saturated rings. The van der Waals surface area contributed by atoms with Crippen LogP contribution in [0.15, 0.2) is 36.4 Å². The van der Waals surface area contributed by atoms with Gasteiger partial charge in [0.1, 0.15) is 36.1 Å². The lowest BCUT2D eigenvalue weighted by Crippen LogP contribution is -2.28. The largest absolute Gasteiger partial charge is 0.497 e. The number of fused-ring (bicyclic) bond motifs is 1. The maximum Gasteiger partial charge on any atom is 0.319 e. The van der Waals surface area contributed by atoms with Gasteiger partial charge < -0.3 is 29.0 Å². The summed E-state index contributed by atoms with van der Waals surface area (Å²) in [5, 5.41) is 4.67. The zero-order valence-corrected chi connectivity index (χ0v) is 18.4. The Hall–Kier alpha value is -2.81. The fraction of sp³-hybridized carbons (Fsp3) is 0.391. The van der Waals surface area contributed by atoms with Crippen molar-refractivity contribution in [2.45, 2.75) is 25.0 Å². The van der Waals surface area contributed by atoms with Gasteiger partial charge in [-0.05, 0) is 37.1 Å². The lowest BCUT2D eigenvalue weighted by atomic mass is 10.2. The third-order valence-corrected chi connectivity index (χ3v) is 5.63. The molecule has 5 rings (SSSR count). The van der Waals surface area contributed by atoms with E-state index in [0.717, 1.165) is 31.4 Å². The normalized spacial score (nSPS) is 20.1. The molecule has 1 aromatic heterocycles. The first-order chi connectivity index (χ1) is 15.7. The van der Waals surface area contributed by atoms with Crippen LogP contribution in [0.25, 0.3) is 10.9 Å². The van der Waals surface area contributed by atoms with Crippen molar-refractivity contribution in [1.29, 1.82) is 0 Å². The van der Waals surface area contributed by atoms with E-state index >= 15 is 0 Å². The van der Waals surface area contributed by atoms with Crippen LogP contribution in [0.5, 0.6) is 17.5 Å². The van der Waals surface area contributed by atoms with Gasteiger partial charge in [0.05, 0.1) is 36.6 Å². The number of anilines is 2. The van der Waals surface area contributed by atoms with Crippen LogP contribution >= 0.6 is 11.6 Å². The maximum absolute atomic E-state index is 6.41. The smallest absolute Gasteiger partial charge is 0.319 e. The first kappa shape index (κ1) is 21.1. The van der Waals surface area contributed by atoms with Gasteiger partial charge in [0.2, 0.25) is 0 Å². The Morgan fingerprint density at radius 1 is 1.12 bits per heavy atom. The van der Waals surface area contributed by atoms with E-state index in [-0.39, 0.29) is 18.2 Å². The van der Waals surface area contributed by atoms with Crippen molar-refractivity contribution in [3.05, 3.63) is 41.4 Å². The molecule has 0 spiro atoms. The van der Waals surface area contributed by atoms with Crippen LogP contribution < -0.4 is 19.5 Å². The summed E-state index contributed by atoms with van der Waals surface area (Å²) in [6.45, 7) is 2.54. The molecule has 0 bridgehead atoms. The molecule has 2 aliphatic heterocycles. The minimum absolute atomic E-state index is 0.0825. The Morgan fingerprint density at radius 2 is 2.00 bits per heavy atom. The Bertz CT molecular complexity index is 1100. The number of hydrogen-bond donors (Lipinski definition) is 1. The van der Waals surface area contributed by atoms with E-state index < -0.39 is 0 Å². The van der Waals surface area contributed by atoms with E-state index in [2.05, 4.69) is 15.3 Å². The highest BCUT2D eigenvalue weighted by molar-refractivity contribution is 6.33. The van der Waals surface area contributed by atoms with Gasteiger partial charge in [0.15, 0.2) is 0 Å². The van der Waals surface area contributed by atoms with Crippen molar-refractivity contribution < 1.29 is 23.7 Å². The summed E-state index contributed by atoms with van der Waals surface area (Å²) >= 11 is 6.41. The minimum Gasteiger partial charge on any atom is -0.497 e. The molecule has 0 radical (unpaired) electrons. The molecule has 9 heteroatoms. The Morgan fingerprint density at radius 3 is 2.78 bits per heavy atom. The van der Waals surface area contributed by atoms with Gasteiger partial charge in [-0.15, -0.1) is 0 Å². The number of methoxy groups -OCH3 is 1. The summed E-state index contributed by atoms with van der Waals surface area (Å²) in [4.78, 5) is 9.27. The molecule has 2 aliphatic rings. The predicted octanol–water partition coefficient (Wildman–Crippen LogP) is 4.37. The average molecular weight is 458 g/mol. The molecule has 2 atom stereocenters. The van der Waals surface area contributed by atoms with Gasteiger partial charge in [-0.1, -0.05) is 11.6 Å². The molecule has 2 aromatic carbocycles. The average Bonchev–Trinajstić information content (AvgIpc) is 3.64. The van der Waals surface area contributed by atoms with Crippen LogP contribution in [0.1, 0.15) is 12.8 Å². The van der Waals surface area contributed by atoms with E-state index in [1.165, 1.54) is 0 Å². The van der Waals surface area contributed by atoms with Crippen LogP contribution in [-0.2, 0) is 9.47 Å². The Balaban J connectivity index is 1.49. The van der Waals surface area contributed by atoms with Crippen molar-refractivity contribution in [2.24, 2.45) is 0 Å². The van der Waals surface area contributed by atoms with Crippen LogP contribution in [0, 0.1) is 0 Å². The Kier molecular flexibility index (Phi) is 6.16. The molecule has 8 nitrogen and oxygen atoms in total. The van der Waals surface area contributed by atoms with Crippen LogP contribution in [0.4, 0.5) is 11.5 Å². The maximum atomic E-state index is 6.41. The molecule has 3 heterocycles. The fourth-order valence-corrected chi connectivity index (χ4v) is 3.65. The monoisotopic (exact) mass is 457 g/mol. The number of rotatable bonds is 8. The van der Waals surface area contributed by atoms with Crippen molar-refractivity contribution in [3.63, 3.8) is 0 Å². The van der Waals surface area contributed by atoms with Crippen molar-refractivity contribution in [1.82, 2.24) is 9.97 Å². The second-order valence-corrected chi connectivity index (χ2v) is 8.14. The molecule has 0 aliphatic carbocycles. The third kappa shape index (κ3) is 4.98. The molecular weight excluding hydrogens is 434 g/mol. The number of epoxide rings is 1. The van der Waals surface area contributed by atoms with Crippen molar-refractivity contribution >= 4 is 34.0 Å².